The van der Waals surface area contributed by atoms with Gasteiger partial charge in [0, 0.05) is 11.6 Å². The van der Waals surface area contributed by atoms with Gasteiger partial charge in [-0.3, -0.25) is 0 Å². The number of amides is 2. The smallest absolute Gasteiger partial charge is 0.315 e. The summed E-state index contributed by atoms with van der Waals surface area (Å²) in [6, 6.07) is 5.51. The number of halogens is 1. The van der Waals surface area contributed by atoms with Crippen LogP contribution in [0, 0.1) is 5.82 Å². The highest BCUT2D eigenvalue weighted by atomic mass is 32.1. The zero-order chi connectivity index (χ0) is 16.7. The van der Waals surface area contributed by atoms with E-state index in [1.54, 1.807) is 31.3 Å². The zero-order valence-corrected chi connectivity index (χ0v) is 13.9. The van der Waals surface area contributed by atoms with E-state index in [0.29, 0.717) is 0 Å². The number of hydrogen-bond acceptors (Lipinski definition) is 4. The molecule has 1 aromatic heterocycles. The van der Waals surface area contributed by atoms with Gasteiger partial charge in [0.1, 0.15) is 11.6 Å². The Hall–Kier alpha value is -2.15. The SMILES string of the molecule is CC[C@H](NC(=O)N[C@@H](C)COc1ccccc1F)c1nccs1. The fraction of sp³-hybridized carbons (Fsp3) is 0.375. The van der Waals surface area contributed by atoms with E-state index in [4.69, 9.17) is 4.74 Å². The lowest BCUT2D eigenvalue weighted by Gasteiger charge is -2.19. The number of urea groups is 1. The third-order valence-corrected chi connectivity index (χ3v) is 4.06. The summed E-state index contributed by atoms with van der Waals surface area (Å²) >= 11 is 1.51. The second-order valence-electron chi connectivity index (χ2n) is 5.09. The minimum atomic E-state index is -0.418. The fourth-order valence-electron chi connectivity index (χ4n) is 1.99. The number of benzene rings is 1. The molecule has 2 atom stereocenters. The molecule has 5 nitrogen and oxygen atoms in total. The summed E-state index contributed by atoms with van der Waals surface area (Å²) in [5.74, 6) is -0.241. The number of hydrogen-bond donors (Lipinski definition) is 2. The highest BCUT2D eigenvalue weighted by molar-refractivity contribution is 7.09. The number of aromatic nitrogens is 1. The Kier molecular flexibility index (Phi) is 6.34. The van der Waals surface area contributed by atoms with Gasteiger partial charge in [-0.1, -0.05) is 19.1 Å². The third-order valence-electron chi connectivity index (χ3n) is 3.17. The number of nitrogens with zero attached hydrogens (tertiary/aromatic N) is 1. The Labute approximate surface area is 138 Å². The van der Waals surface area contributed by atoms with Crippen molar-refractivity contribution in [3.05, 3.63) is 46.7 Å². The second kappa shape index (κ2) is 8.47. The molecule has 0 saturated carbocycles. The quantitative estimate of drug-likeness (QED) is 0.813. The molecule has 0 aliphatic rings. The summed E-state index contributed by atoms with van der Waals surface area (Å²) in [6.45, 7) is 3.96. The normalized spacial score (nSPS) is 13.2. The molecule has 124 valence electrons. The summed E-state index contributed by atoms with van der Waals surface area (Å²) in [5, 5.41) is 8.40. The monoisotopic (exact) mass is 337 g/mol. The Morgan fingerprint density at radius 3 is 2.83 bits per heavy atom. The molecule has 1 heterocycles. The van der Waals surface area contributed by atoms with Crippen LogP contribution in [0.2, 0.25) is 0 Å². The molecule has 0 spiro atoms. The van der Waals surface area contributed by atoms with Crippen molar-refractivity contribution in [2.24, 2.45) is 0 Å². The molecular weight excluding hydrogens is 317 g/mol. The van der Waals surface area contributed by atoms with Gasteiger partial charge in [-0.2, -0.15) is 0 Å². The third kappa shape index (κ3) is 5.21. The molecule has 0 aliphatic carbocycles. The summed E-state index contributed by atoms with van der Waals surface area (Å²) in [5.41, 5.74) is 0. The van der Waals surface area contributed by atoms with Gasteiger partial charge in [0.2, 0.25) is 0 Å². The summed E-state index contributed by atoms with van der Waals surface area (Å²) in [7, 11) is 0. The van der Waals surface area contributed by atoms with Crippen molar-refractivity contribution >= 4 is 17.4 Å². The van der Waals surface area contributed by atoms with Gasteiger partial charge >= 0.3 is 6.03 Å². The van der Waals surface area contributed by atoms with Crippen LogP contribution < -0.4 is 15.4 Å². The lowest BCUT2D eigenvalue weighted by molar-refractivity contribution is 0.221. The number of carbonyl (C=O) groups is 1. The maximum Gasteiger partial charge on any atom is 0.315 e. The van der Waals surface area contributed by atoms with Crippen molar-refractivity contribution in [2.75, 3.05) is 6.61 Å². The van der Waals surface area contributed by atoms with Crippen molar-refractivity contribution in [1.29, 1.82) is 0 Å². The van der Waals surface area contributed by atoms with Gasteiger partial charge in [0.05, 0.1) is 12.1 Å². The van der Waals surface area contributed by atoms with Gasteiger partial charge in [-0.15, -0.1) is 11.3 Å². The van der Waals surface area contributed by atoms with Crippen LogP contribution in [-0.4, -0.2) is 23.7 Å². The molecule has 1 aromatic carbocycles. The van der Waals surface area contributed by atoms with Gasteiger partial charge in [0.25, 0.3) is 0 Å². The first kappa shape index (κ1) is 17.2. The van der Waals surface area contributed by atoms with Crippen LogP contribution in [0.25, 0.3) is 0 Å². The summed E-state index contributed by atoms with van der Waals surface area (Å²) in [4.78, 5) is 16.2. The molecule has 0 saturated heterocycles. The molecule has 2 N–H and O–H groups in total. The number of carbonyl (C=O) groups excluding carboxylic acids is 1. The van der Waals surface area contributed by atoms with Gasteiger partial charge < -0.3 is 15.4 Å². The Balaban J connectivity index is 1.79. The molecule has 7 heteroatoms. The minimum absolute atomic E-state index is 0.116. The number of para-hydroxylation sites is 1. The molecule has 0 radical (unpaired) electrons. The van der Waals surface area contributed by atoms with Crippen molar-refractivity contribution in [2.45, 2.75) is 32.4 Å². The van der Waals surface area contributed by atoms with E-state index in [2.05, 4.69) is 15.6 Å². The first-order valence-corrected chi connectivity index (χ1v) is 8.31. The summed E-state index contributed by atoms with van der Waals surface area (Å²) in [6.07, 6.45) is 2.47. The highest BCUT2D eigenvalue weighted by Gasteiger charge is 2.16. The van der Waals surface area contributed by atoms with Gasteiger partial charge in [0.15, 0.2) is 11.6 Å². The van der Waals surface area contributed by atoms with E-state index in [1.165, 1.54) is 17.4 Å². The van der Waals surface area contributed by atoms with Crippen molar-refractivity contribution < 1.29 is 13.9 Å². The van der Waals surface area contributed by atoms with Crippen LogP contribution in [-0.2, 0) is 0 Å². The topological polar surface area (TPSA) is 63.2 Å². The first-order chi connectivity index (χ1) is 11.1. The average molecular weight is 337 g/mol. The van der Waals surface area contributed by atoms with Crippen LogP contribution >= 0.6 is 11.3 Å². The van der Waals surface area contributed by atoms with Crippen LogP contribution in [0.4, 0.5) is 9.18 Å². The van der Waals surface area contributed by atoms with Crippen LogP contribution in [0.3, 0.4) is 0 Å². The Morgan fingerprint density at radius 1 is 1.39 bits per heavy atom. The first-order valence-electron chi connectivity index (χ1n) is 7.44. The van der Waals surface area contributed by atoms with E-state index < -0.39 is 5.82 Å². The molecule has 2 aromatic rings. The van der Waals surface area contributed by atoms with Crippen LogP contribution in [0.1, 0.15) is 31.3 Å². The Morgan fingerprint density at radius 2 is 2.17 bits per heavy atom. The summed E-state index contributed by atoms with van der Waals surface area (Å²) < 4.78 is 18.8. The van der Waals surface area contributed by atoms with E-state index in [9.17, 15) is 9.18 Å². The van der Waals surface area contributed by atoms with E-state index >= 15 is 0 Å². The zero-order valence-electron chi connectivity index (χ0n) is 13.1. The molecule has 0 aliphatic heterocycles. The van der Waals surface area contributed by atoms with Crippen LogP contribution in [0.5, 0.6) is 5.75 Å². The van der Waals surface area contributed by atoms with E-state index in [-0.39, 0.29) is 30.5 Å². The predicted molar refractivity (Wildman–Crippen MR) is 88.2 cm³/mol. The molecule has 2 amide bonds. The lowest BCUT2D eigenvalue weighted by Crippen LogP contribution is -2.44. The van der Waals surface area contributed by atoms with Crippen molar-refractivity contribution in [1.82, 2.24) is 15.6 Å². The van der Waals surface area contributed by atoms with Crippen molar-refractivity contribution in [3.63, 3.8) is 0 Å². The maximum atomic E-state index is 13.4. The molecule has 23 heavy (non-hydrogen) atoms. The van der Waals surface area contributed by atoms with E-state index in [1.807, 2.05) is 12.3 Å². The number of thiazole rings is 1. The van der Waals surface area contributed by atoms with Gasteiger partial charge in [-0.25, -0.2) is 14.2 Å². The molecule has 2 rings (SSSR count). The second-order valence-corrected chi connectivity index (χ2v) is 6.02. The standard InChI is InChI=1S/C16H20FN3O2S/c1-3-13(15-18-8-9-23-15)20-16(21)19-11(2)10-22-14-7-5-4-6-12(14)17/h4-9,11,13H,3,10H2,1-2H3,(H2,19,20,21)/t11-,13-/m0/s1. The fourth-order valence-corrected chi connectivity index (χ4v) is 2.76. The minimum Gasteiger partial charge on any atom is -0.488 e. The molecular formula is C16H20FN3O2S. The maximum absolute atomic E-state index is 13.4. The predicted octanol–water partition coefficient (Wildman–Crippen LogP) is 3.50. The van der Waals surface area contributed by atoms with Crippen LogP contribution in [0.15, 0.2) is 35.8 Å². The average Bonchev–Trinajstić information content (AvgIpc) is 3.06. The number of ether oxygens (including phenoxy) is 1. The number of nitrogens with one attached hydrogen (secondary N) is 2. The highest BCUT2D eigenvalue weighted by Crippen LogP contribution is 2.18. The lowest BCUT2D eigenvalue weighted by atomic mass is 10.2. The molecule has 0 fully saturated rings. The molecule has 0 bridgehead atoms. The van der Waals surface area contributed by atoms with Gasteiger partial charge in [-0.05, 0) is 25.5 Å². The molecule has 0 unspecified atom stereocenters. The van der Waals surface area contributed by atoms with Crippen molar-refractivity contribution in [3.8, 4) is 5.75 Å². The van der Waals surface area contributed by atoms with E-state index in [0.717, 1.165) is 11.4 Å². The Bertz CT molecular complexity index is 622. The largest absolute Gasteiger partial charge is 0.488 e. The number of rotatable bonds is 7.